The van der Waals surface area contributed by atoms with Gasteiger partial charge in [0.25, 0.3) is 0 Å². The van der Waals surface area contributed by atoms with Crippen molar-refractivity contribution in [2.45, 2.75) is 39.7 Å². The first kappa shape index (κ1) is 20.1. The van der Waals surface area contributed by atoms with Crippen molar-refractivity contribution in [1.29, 1.82) is 0 Å². The Morgan fingerprint density at radius 1 is 1.21 bits per heavy atom. The predicted octanol–water partition coefficient (Wildman–Crippen LogP) is 4.22. The Balaban J connectivity index is 1.52. The van der Waals surface area contributed by atoms with Gasteiger partial charge < -0.3 is 15.2 Å². The van der Waals surface area contributed by atoms with Gasteiger partial charge in [-0.1, -0.05) is 49.3 Å². The normalized spacial score (nSPS) is 11.8. The lowest BCUT2D eigenvalue weighted by Gasteiger charge is -2.10. The highest BCUT2D eigenvalue weighted by Crippen LogP contribution is 2.23. The lowest BCUT2D eigenvalue weighted by Crippen LogP contribution is -2.38. The van der Waals surface area contributed by atoms with Crippen LogP contribution in [0.15, 0.2) is 51.3 Å². The second kappa shape index (κ2) is 10.0. The zero-order valence-corrected chi connectivity index (χ0v) is 17.4. The first-order chi connectivity index (χ1) is 13.7. The van der Waals surface area contributed by atoms with E-state index in [-0.39, 0.29) is 0 Å². The summed E-state index contributed by atoms with van der Waals surface area (Å²) in [5.41, 5.74) is 3.21. The highest BCUT2D eigenvalue weighted by molar-refractivity contribution is 7.13. The number of benzene rings is 1. The number of aromatic nitrogens is 2. The first-order valence-corrected chi connectivity index (χ1v) is 10.5. The molecule has 148 valence electrons. The lowest BCUT2D eigenvalue weighted by molar-refractivity contribution is 0.376. The van der Waals surface area contributed by atoms with Crippen molar-refractivity contribution in [1.82, 2.24) is 20.8 Å². The number of nitrogens with zero attached hydrogens (tertiary/aromatic N) is 3. The number of hydrogen-bond donors (Lipinski definition) is 2. The second-order valence-corrected chi connectivity index (χ2v) is 7.61. The van der Waals surface area contributed by atoms with Gasteiger partial charge >= 0.3 is 0 Å². The van der Waals surface area contributed by atoms with Gasteiger partial charge in [0.05, 0.1) is 11.4 Å². The van der Waals surface area contributed by atoms with E-state index in [0.29, 0.717) is 12.5 Å². The van der Waals surface area contributed by atoms with Gasteiger partial charge in [0.2, 0.25) is 0 Å². The highest BCUT2D eigenvalue weighted by atomic mass is 32.1. The van der Waals surface area contributed by atoms with E-state index in [4.69, 9.17) is 9.51 Å². The molecule has 28 heavy (non-hydrogen) atoms. The summed E-state index contributed by atoms with van der Waals surface area (Å²) in [6.45, 7) is 8.27. The van der Waals surface area contributed by atoms with Crippen molar-refractivity contribution in [2.24, 2.45) is 4.99 Å². The molecule has 0 radical (unpaired) electrons. The molecule has 0 amide bonds. The third kappa shape index (κ3) is 5.66. The van der Waals surface area contributed by atoms with Crippen LogP contribution in [0, 0.1) is 0 Å². The summed E-state index contributed by atoms with van der Waals surface area (Å²) in [5, 5.41) is 13.9. The molecule has 0 aliphatic carbocycles. The number of guanidine groups is 1. The SMILES string of the molecule is CCNC(=NCc1cc(C(C)C)no1)NCCc1csc(-c2ccccc2)n1. The molecule has 0 unspecified atom stereocenters. The molecule has 0 aliphatic rings. The molecule has 0 saturated heterocycles. The van der Waals surface area contributed by atoms with Gasteiger partial charge in [-0.15, -0.1) is 11.3 Å². The van der Waals surface area contributed by atoms with Gasteiger partial charge in [-0.3, -0.25) is 0 Å². The Morgan fingerprint density at radius 2 is 2.04 bits per heavy atom. The van der Waals surface area contributed by atoms with E-state index in [1.807, 2.05) is 24.3 Å². The minimum Gasteiger partial charge on any atom is -0.359 e. The Labute approximate surface area is 170 Å². The number of thiazole rings is 1. The minimum atomic E-state index is 0.353. The summed E-state index contributed by atoms with van der Waals surface area (Å²) >= 11 is 1.68. The van der Waals surface area contributed by atoms with Crippen LogP contribution < -0.4 is 10.6 Å². The zero-order valence-electron chi connectivity index (χ0n) is 16.6. The summed E-state index contributed by atoms with van der Waals surface area (Å²) in [5.74, 6) is 1.89. The van der Waals surface area contributed by atoms with Gasteiger partial charge in [0, 0.05) is 36.5 Å². The molecule has 7 heteroatoms. The molecule has 1 aromatic carbocycles. The van der Waals surface area contributed by atoms with Crippen LogP contribution in [0.4, 0.5) is 0 Å². The molecule has 2 heterocycles. The van der Waals surface area contributed by atoms with E-state index in [1.165, 1.54) is 0 Å². The van der Waals surface area contributed by atoms with Gasteiger partial charge in [-0.25, -0.2) is 9.98 Å². The average Bonchev–Trinajstić information content (AvgIpc) is 3.37. The summed E-state index contributed by atoms with van der Waals surface area (Å²) in [6, 6.07) is 12.2. The summed E-state index contributed by atoms with van der Waals surface area (Å²) in [7, 11) is 0. The van der Waals surface area contributed by atoms with Gasteiger partial charge in [0.1, 0.15) is 11.6 Å². The van der Waals surface area contributed by atoms with Crippen molar-refractivity contribution in [3.8, 4) is 10.6 Å². The number of aliphatic imine (C=N–C) groups is 1. The molecule has 0 fully saturated rings. The molecule has 0 atom stereocenters. The Kier molecular flexibility index (Phi) is 7.19. The van der Waals surface area contributed by atoms with Crippen LogP contribution in [0.5, 0.6) is 0 Å². The lowest BCUT2D eigenvalue weighted by atomic mass is 10.1. The third-order valence-corrected chi connectivity index (χ3v) is 5.09. The monoisotopic (exact) mass is 397 g/mol. The van der Waals surface area contributed by atoms with E-state index < -0.39 is 0 Å². The highest BCUT2D eigenvalue weighted by Gasteiger charge is 2.08. The van der Waals surface area contributed by atoms with E-state index in [2.05, 4.69) is 59.1 Å². The quantitative estimate of drug-likeness (QED) is 0.440. The predicted molar refractivity (Wildman–Crippen MR) is 115 cm³/mol. The molecular formula is C21H27N5OS. The molecule has 2 N–H and O–H groups in total. The van der Waals surface area contributed by atoms with Crippen molar-refractivity contribution < 1.29 is 4.52 Å². The van der Waals surface area contributed by atoms with Gasteiger partial charge in [-0.2, -0.15) is 0 Å². The molecule has 0 saturated carbocycles. The molecule has 2 aromatic heterocycles. The largest absolute Gasteiger partial charge is 0.359 e. The summed E-state index contributed by atoms with van der Waals surface area (Å²) in [6.07, 6.45) is 0.841. The molecular weight excluding hydrogens is 370 g/mol. The Hall–Kier alpha value is -2.67. The first-order valence-electron chi connectivity index (χ1n) is 9.63. The smallest absolute Gasteiger partial charge is 0.191 e. The molecule has 3 aromatic rings. The Bertz CT molecular complexity index is 885. The van der Waals surface area contributed by atoms with Crippen molar-refractivity contribution in [3.63, 3.8) is 0 Å². The summed E-state index contributed by atoms with van der Waals surface area (Å²) < 4.78 is 5.35. The maximum Gasteiger partial charge on any atom is 0.191 e. The average molecular weight is 398 g/mol. The van der Waals surface area contributed by atoms with Crippen molar-refractivity contribution in [3.05, 3.63) is 58.9 Å². The van der Waals surface area contributed by atoms with Gasteiger partial charge in [-0.05, 0) is 12.8 Å². The molecule has 0 spiro atoms. The van der Waals surface area contributed by atoms with E-state index >= 15 is 0 Å². The fraction of sp³-hybridized carbons (Fsp3) is 0.381. The number of hydrogen-bond acceptors (Lipinski definition) is 5. The van der Waals surface area contributed by atoms with Crippen LogP contribution in [0.1, 0.15) is 43.8 Å². The standard InChI is InChI=1S/C21H27N5OS/c1-4-22-21(24-13-18-12-19(15(2)3)26-27-18)23-11-10-17-14-28-20(25-17)16-8-6-5-7-9-16/h5-9,12,14-15H,4,10-11,13H2,1-3H3,(H2,22,23,24). The topological polar surface area (TPSA) is 75.3 Å². The van der Waals surface area contributed by atoms with Gasteiger partial charge in [0.15, 0.2) is 11.7 Å². The molecule has 3 rings (SSSR count). The van der Waals surface area contributed by atoms with Crippen LogP contribution >= 0.6 is 11.3 Å². The van der Waals surface area contributed by atoms with Crippen molar-refractivity contribution in [2.75, 3.05) is 13.1 Å². The fourth-order valence-corrected chi connectivity index (χ4v) is 3.48. The molecule has 0 aliphatic heterocycles. The fourth-order valence-electron chi connectivity index (χ4n) is 2.62. The minimum absolute atomic E-state index is 0.353. The van der Waals surface area contributed by atoms with Crippen LogP contribution in [-0.2, 0) is 13.0 Å². The van der Waals surface area contributed by atoms with E-state index in [1.54, 1.807) is 11.3 Å². The van der Waals surface area contributed by atoms with Crippen LogP contribution in [0.25, 0.3) is 10.6 Å². The van der Waals surface area contributed by atoms with E-state index in [0.717, 1.165) is 53.2 Å². The number of rotatable bonds is 8. The zero-order chi connectivity index (χ0) is 19.8. The maximum absolute atomic E-state index is 5.35. The maximum atomic E-state index is 5.35. The third-order valence-electron chi connectivity index (χ3n) is 4.15. The van der Waals surface area contributed by atoms with Crippen LogP contribution in [-0.4, -0.2) is 29.2 Å². The van der Waals surface area contributed by atoms with E-state index in [9.17, 15) is 0 Å². The molecule has 0 bridgehead atoms. The molecule has 6 nitrogen and oxygen atoms in total. The van der Waals surface area contributed by atoms with Crippen LogP contribution in [0.2, 0.25) is 0 Å². The Morgan fingerprint density at radius 3 is 2.75 bits per heavy atom. The summed E-state index contributed by atoms with van der Waals surface area (Å²) in [4.78, 5) is 9.31. The number of nitrogens with one attached hydrogen (secondary N) is 2. The van der Waals surface area contributed by atoms with Crippen molar-refractivity contribution >= 4 is 17.3 Å². The second-order valence-electron chi connectivity index (χ2n) is 6.75. The van der Waals surface area contributed by atoms with Crippen LogP contribution in [0.3, 0.4) is 0 Å².